The maximum Gasteiger partial charge on any atom is 0.308 e. The molecule has 3 heteroatoms. The quantitative estimate of drug-likeness (QED) is 0.454. The molecule has 0 aromatic carbocycles. The topological polar surface area (TPSA) is 43.4 Å². The largest absolute Gasteiger partial charge is 0.465 e. The van der Waals surface area contributed by atoms with Crippen LogP contribution in [0.1, 0.15) is 85.5 Å². The van der Waals surface area contributed by atoms with Crippen LogP contribution in [0, 0.1) is 17.3 Å². The standard InChI is InChI=1S/C23H38O3/c1-6-7-13-20-17-23(4,5)21(24)15-14-19(3)11-8-10-18(2)12-9-16-26-22(20)25/h6,12,19-20H,1,7-11,13-17H2,2-5H3. The van der Waals surface area contributed by atoms with Gasteiger partial charge in [-0.15, -0.1) is 6.58 Å². The molecular formula is C23H38O3. The Balaban J connectivity index is 2.88. The SMILES string of the molecule is C=CCCC1CC(C)(C)C(=O)CCC(C)CCCC(C)=CCCOC1=O. The Morgan fingerprint density at radius 3 is 2.69 bits per heavy atom. The molecule has 3 nitrogen and oxygen atoms in total. The van der Waals surface area contributed by atoms with Gasteiger partial charge in [-0.25, -0.2) is 0 Å². The van der Waals surface area contributed by atoms with Crippen molar-refractivity contribution in [3.63, 3.8) is 0 Å². The molecule has 0 aromatic heterocycles. The van der Waals surface area contributed by atoms with E-state index in [9.17, 15) is 9.59 Å². The molecule has 2 atom stereocenters. The summed E-state index contributed by atoms with van der Waals surface area (Å²) in [5, 5.41) is 0. The van der Waals surface area contributed by atoms with Crippen molar-refractivity contribution in [2.75, 3.05) is 6.61 Å². The third-order valence-electron chi connectivity index (χ3n) is 5.55. The minimum absolute atomic E-state index is 0.167. The van der Waals surface area contributed by atoms with E-state index in [0.29, 0.717) is 31.8 Å². The monoisotopic (exact) mass is 362 g/mol. The van der Waals surface area contributed by atoms with Crippen LogP contribution in [0.4, 0.5) is 0 Å². The highest BCUT2D eigenvalue weighted by Crippen LogP contribution is 2.32. The van der Waals surface area contributed by atoms with Gasteiger partial charge in [0.15, 0.2) is 0 Å². The van der Waals surface area contributed by atoms with Crippen LogP contribution in [-0.4, -0.2) is 18.4 Å². The Morgan fingerprint density at radius 1 is 1.27 bits per heavy atom. The van der Waals surface area contributed by atoms with Crippen molar-refractivity contribution in [1.82, 2.24) is 0 Å². The van der Waals surface area contributed by atoms with Gasteiger partial charge in [0.2, 0.25) is 0 Å². The third kappa shape index (κ3) is 8.33. The number of esters is 1. The number of ketones is 1. The van der Waals surface area contributed by atoms with Gasteiger partial charge in [-0.05, 0) is 57.8 Å². The molecule has 148 valence electrons. The average molecular weight is 363 g/mol. The van der Waals surface area contributed by atoms with Crippen LogP contribution in [0.25, 0.3) is 0 Å². The summed E-state index contributed by atoms with van der Waals surface area (Å²) >= 11 is 0. The molecule has 26 heavy (non-hydrogen) atoms. The molecule has 1 rings (SSSR count). The molecule has 2 unspecified atom stereocenters. The van der Waals surface area contributed by atoms with E-state index in [0.717, 1.165) is 38.5 Å². The summed E-state index contributed by atoms with van der Waals surface area (Å²) in [5.74, 6) is 0.433. The highest BCUT2D eigenvalue weighted by Gasteiger charge is 2.33. The molecule has 1 aliphatic heterocycles. The number of ether oxygens (including phenoxy) is 1. The van der Waals surface area contributed by atoms with E-state index in [1.165, 1.54) is 5.57 Å². The second kappa shape index (κ2) is 11.4. The molecule has 1 heterocycles. The van der Waals surface area contributed by atoms with Gasteiger partial charge in [-0.2, -0.15) is 0 Å². The summed E-state index contributed by atoms with van der Waals surface area (Å²) in [7, 11) is 0. The Kier molecular flexibility index (Phi) is 9.90. The van der Waals surface area contributed by atoms with Crippen molar-refractivity contribution < 1.29 is 14.3 Å². The van der Waals surface area contributed by atoms with Crippen LogP contribution in [0.5, 0.6) is 0 Å². The molecule has 0 aliphatic carbocycles. The summed E-state index contributed by atoms with van der Waals surface area (Å²) in [6, 6.07) is 0. The lowest BCUT2D eigenvalue weighted by molar-refractivity contribution is -0.150. The Bertz CT molecular complexity index is 502. The summed E-state index contributed by atoms with van der Waals surface area (Å²) in [4.78, 5) is 25.3. The van der Waals surface area contributed by atoms with Crippen molar-refractivity contribution >= 4 is 11.8 Å². The number of carbonyl (C=O) groups excluding carboxylic acids is 2. The zero-order valence-electron chi connectivity index (χ0n) is 17.3. The summed E-state index contributed by atoms with van der Waals surface area (Å²) < 4.78 is 5.52. The van der Waals surface area contributed by atoms with Gasteiger partial charge < -0.3 is 4.74 Å². The number of Topliss-reactive ketones (excluding diaryl/α,β-unsaturated/α-hetero) is 1. The summed E-state index contributed by atoms with van der Waals surface area (Å²) in [6.07, 6.45) is 11.7. The van der Waals surface area contributed by atoms with E-state index in [1.54, 1.807) is 0 Å². The zero-order valence-corrected chi connectivity index (χ0v) is 17.3. The molecule has 0 spiro atoms. The second-order valence-corrected chi connectivity index (χ2v) is 8.62. The Labute approximate surface area is 160 Å². The molecule has 0 fully saturated rings. The van der Waals surface area contributed by atoms with Gasteiger partial charge in [-0.3, -0.25) is 9.59 Å². The predicted octanol–water partition coefficient (Wildman–Crippen LogP) is 6.03. The van der Waals surface area contributed by atoms with E-state index < -0.39 is 5.41 Å². The molecule has 0 saturated carbocycles. The average Bonchev–Trinajstić information content (AvgIpc) is 2.59. The first-order valence-electron chi connectivity index (χ1n) is 10.2. The molecule has 0 amide bonds. The van der Waals surface area contributed by atoms with Crippen molar-refractivity contribution in [1.29, 1.82) is 0 Å². The van der Waals surface area contributed by atoms with Gasteiger partial charge in [0.05, 0.1) is 12.5 Å². The summed E-state index contributed by atoms with van der Waals surface area (Å²) in [6.45, 7) is 12.5. The van der Waals surface area contributed by atoms with Crippen molar-refractivity contribution in [2.45, 2.75) is 85.5 Å². The lowest BCUT2D eigenvalue weighted by Gasteiger charge is -2.28. The molecule has 1 aliphatic rings. The number of hydrogen-bond acceptors (Lipinski definition) is 3. The van der Waals surface area contributed by atoms with Gasteiger partial charge in [0.1, 0.15) is 5.78 Å². The van der Waals surface area contributed by atoms with E-state index >= 15 is 0 Å². The van der Waals surface area contributed by atoms with Gasteiger partial charge in [0.25, 0.3) is 0 Å². The first-order chi connectivity index (χ1) is 12.3. The van der Waals surface area contributed by atoms with Crippen LogP contribution in [0.15, 0.2) is 24.3 Å². The van der Waals surface area contributed by atoms with E-state index in [2.05, 4.69) is 26.5 Å². The number of cyclic esters (lactones) is 1. The third-order valence-corrected chi connectivity index (χ3v) is 5.55. The lowest BCUT2D eigenvalue weighted by atomic mass is 9.76. The molecule has 0 radical (unpaired) electrons. The van der Waals surface area contributed by atoms with Crippen LogP contribution in [0.2, 0.25) is 0 Å². The summed E-state index contributed by atoms with van der Waals surface area (Å²) in [5.41, 5.74) is 0.874. The Morgan fingerprint density at radius 2 is 2.00 bits per heavy atom. The van der Waals surface area contributed by atoms with E-state index in [1.807, 2.05) is 19.9 Å². The van der Waals surface area contributed by atoms with Crippen LogP contribution in [0.3, 0.4) is 0 Å². The minimum Gasteiger partial charge on any atom is -0.465 e. The van der Waals surface area contributed by atoms with E-state index in [4.69, 9.17) is 4.74 Å². The molecule has 0 aromatic rings. The van der Waals surface area contributed by atoms with Crippen LogP contribution < -0.4 is 0 Å². The normalized spacial score (nSPS) is 26.7. The zero-order chi connectivity index (χ0) is 19.6. The lowest BCUT2D eigenvalue weighted by Crippen LogP contribution is -2.31. The fourth-order valence-electron chi connectivity index (χ4n) is 3.63. The van der Waals surface area contributed by atoms with Gasteiger partial charge in [-0.1, -0.05) is 44.9 Å². The number of rotatable bonds is 3. The van der Waals surface area contributed by atoms with Crippen molar-refractivity contribution in [3.8, 4) is 0 Å². The molecule has 0 bridgehead atoms. The first-order valence-corrected chi connectivity index (χ1v) is 10.2. The molecule has 0 N–H and O–H groups in total. The van der Waals surface area contributed by atoms with Crippen molar-refractivity contribution in [3.05, 3.63) is 24.3 Å². The fourth-order valence-corrected chi connectivity index (χ4v) is 3.63. The number of hydrogen-bond donors (Lipinski definition) is 0. The number of allylic oxidation sites excluding steroid dienone is 2. The van der Waals surface area contributed by atoms with Crippen LogP contribution in [-0.2, 0) is 14.3 Å². The highest BCUT2D eigenvalue weighted by atomic mass is 16.5. The second-order valence-electron chi connectivity index (χ2n) is 8.62. The van der Waals surface area contributed by atoms with Gasteiger partial charge in [0, 0.05) is 11.8 Å². The smallest absolute Gasteiger partial charge is 0.308 e. The maximum atomic E-state index is 12.8. The fraction of sp³-hybridized carbons (Fsp3) is 0.739. The maximum absolute atomic E-state index is 12.8. The molecule has 0 saturated heterocycles. The Hall–Kier alpha value is -1.38. The van der Waals surface area contributed by atoms with Crippen molar-refractivity contribution in [2.24, 2.45) is 17.3 Å². The van der Waals surface area contributed by atoms with Gasteiger partial charge >= 0.3 is 5.97 Å². The van der Waals surface area contributed by atoms with Crippen LogP contribution >= 0.6 is 0 Å². The highest BCUT2D eigenvalue weighted by molar-refractivity contribution is 5.85. The minimum atomic E-state index is -0.488. The van der Waals surface area contributed by atoms with E-state index in [-0.39, 0.29) is 17.7 Å². The first kappa shape index (κ1) is 22.7. The predicted molar refractivity (Wildman–Crippen MR) is 108 cm³/mol. The number of carbonyl (C=O) groups is 2. The molecular weight excluding hydrogens is 324 g/mol.